The van der Waals surface area contributed by atoms with E-state index in [4.69, 9.17) is 0 Å². The van der Waals surface area contributed by atoms with Crippen LogP contribution in [-0.4, -0.2) is 22.0 Å². The van der Waals surface area contributed by atoms with Crippen LogP contribution >= 0.6 is 0 Å². The smallest absolute Gasteiger partial charge is 0.228 e. The molecule has 1 aromatic heterocycles. The molecule has 0 bridgehead atoms. The van der Waals surface area contributed by atoms with Crippen LogP contribution in [0.1, 0.15) is 31.2 Å². The number of rotatable bonds is 4. The zero-order chi connectivity index (χ0) is 21.4. The number of aromatic amines is 1. The van der Waals surface area contributed by atoms with E-state index in [2.05, 4.69) is 51.2 Å². The van der Waals surface area contributed by atoms with Crippen LogP contribution in [0.3, 0.4) is 0 Å². The van der Waals surface area contributed by atoms with E-state index >= 15 is 0 Å². The fourth-order valence-corrected chi connectivity index (χ4v) is 4.31. The number of carbonyl (C=O) groups is 2. The quantitative estimate of drug-likeness (QED) is 0.459. The predicted molar refractivity (Wildman–Crippen MR) is 121 cm³/mol. The van der Waals surface area contributed by atoms with Gasteiger partial charge < -0.3 is 10.6 Å². The Labute approximate surface area is 179 Å². The Kier molecular flexibility index (Phi) is 4.75. The molecule has 0 radical (unpaired) electrons. The Balaban J connectivity index is 1.42. The lowest BCUT2D eigenvalue weighted by atomic mass is 9.82. The van der Waals surface area contributed by atoms with Gasteiger partial charge in [0.2, 0.25) is 11.8 Å². The molecule has 3 N–H and O–H groups in total. The van der Waals surface area contributed by atoms with Gasteiger partial charge in [0, 0.05) is 29.1 Å². The van der Waals surface area contributed by atoms with Gasteiger partial charge in [0.25, 0.3) is 0 Å². The molecule has 154 valence electrons. The van der Waals surface area contributed by atoms with E-state index in [1.54, 1.807) is 6.20 Å². The maximum absolute atomic E-state index is 12.9. The van der Waals surface area contributed by atoms with E-state index in [9.17, 15) is 9.59 Å². The van der Waals surface area contributed by atoms with Gasteiger partial charge >= 0.3 is 0 Å². The molecular weight excluding hydrogens is 388 g/mol. The minimum absolute atomic E-state index is 0.0229. The lowest BCUT2D eigenvalue weighted by Gasteiger charge is -2.28. The largest absolute Gasteiger partial charge is 0.330 e. The number of benzene rings is 3. The number of nitrogens with zero attached hydrogens (tertiary/aromatic N) is 1. The SMILES string of the molecule is CC1=C(CC(=O)Nc2ccc3[nH]ncc3c2)C(c2ccc3ccccc3c2)CC(=O)N1. The molecule has 2 heterocycles. The zero-order valence-corrected chi connectivity index (χ0v) is 17.1. The summed E-state index contributed by atoms with van der Waals surface area (Å²) in [5.41, 5.74) is 4.39. The van der Waals surface area contributed by atoms with Crippen molar-refractivity contribution in [1.82, 2.24) is 15.5 Å². The molecule has 31 heavy (non-hydrogen) atoms. The summed E-state index contributed by atoms with van der Waals surface area (Å²) >= 11 is 0. The summed E-state index contributed by atoms with van der Waals surface area (Å²) in [5, 5.41) is 16.0. The number of carbonyl (C=O) groups excluding carboxylic acids is 2. The highest BCUT2D eigenvalue weighted by Crippen LogP contribution is 2.36. The first kappa shape index (κ1) is 19.1. The van der Waals surface area contributed by atoms with Crippen LogP contribution in [0.5, 0.6) is 0 Å². The van der Waals surface area contributed by atoms with E-state index in [0.717, 1.165) is 44.2 Å². The van der Waals surface area contributed by atoms with Crippen molar-refractivity contribution in [1.29, 1.82) is 0 Å². The second-order valence-corrected chi connectivity index (χ2v) is 7.96. The average Bonchev–Trinajstić information content (AvgIpc) is 3.23. The van der Waals surface area contributed by atoms with Gasteiger partial charge in [-0.25, -0.2) is 0 Å². The Morgan fingerprint density at radius 3 is 2.77 bits per heavy atom. The molecule has 6 heteroatoms. The molecule has 1 unspecified atom stereocenters. The van der Waals surface area contributed by atoms with Gasteiger partial charge in [-0.2, -0.15) is 5.10 Å². The van der Waals surface area contributed by atoms with E-state index in [0.29, 0.717) is 6.42 Å². The van der Waals surface area contributed by atoms with Crippen molar-refractivity contribution in [2.24, 2.45) is 0 Å². The fraction of sp³-hybridized carbons (Fsp3) is 0.160. The Bertz CT molecular complexity index is 1350. The van der Waals surface area contributed by atoms with Crippen molar-refractivity contribution in [2.75, 3.05) is 5.32 Å². The minimum atomic E-state index is -0.125. The molecule has 6 nitrogen and oxygen atoms in total. The summed E-state index contributed by atoms with van der Waals surface area (Å²) in [6.07, 6.45) is 2.27. The van der Waals surface area contributed by atoms with Crippen LogP contribution < -0.4 is 10.6 Å². The molecule has 1 aliphatic heterocycles. The van der Waals surface area contributed by atoms with Gasteiger partial charge in [0.15, 0.2) is 0 Å². The number of amides is 2. The lowest BCUT2D eigenvalue weighted by Crippen LogP contribution is -2.32. The number of hydrogen-bond donors (Lipinski definition) is 3. The first-order valence-electron chi connectivity index (χ1n) is 10.3. The Hall–Kier alpha value is -3.93. The van der Waals surface area contributed by atoms with Crippen LogP contribution in [0, 0.1) is 0 Å². The molecular formula is C25H22N4O2. The third-order valence-corrected chi connectivity index (χ3v) is 5.87. The second kappa shape index (κ2) is 7.72. The first-order valence-corrected chi connectivity index (χ1v) is 10.3. The summed E-state index contributed by atoms with van der Waals surface area (Å²) in [5.74, 6) is -0.259. The molecule has 4 aromatic rings. The second-order valence-electron chi connectivity index (χ2n) is 7.96. The number of H-pyrrole nitrogens is 1. The minimum Gasteiger partial charge on any atom is -0.330 e. The maximum Gasteiger partial charge on any atom is 0.228 e. The van der Waals surface area contributed by atoms with Gasteiger partial charge in [-0.3, -0.25) is 14.7 Å². The van der Waals surface area contributed by atoms with Gasteiger partial charge in [0.1, 0.15) is 0 Å². The van der Waals surface area contributed by atoms with Crippen LogP contribution in [0.4, 0.5) is 5.69 Å². The van der Waals surface area contributed by atoms with Crippen molar-refractivity contribution < 1.29 is 9.59 Å². The molecule has 0 saturated carbocycles. The van der Waals surface area contributed by atoms with E-state index in [1.165, 1.54) is 0 Å². The molecule has 2 amide bonds. The molecule has 0 fully saturated rings. The zero-order valence-electron chi connectivity index (χ0n) is 17.1. The van der Waals surface area contributed by atoms with Gasteiger partial charge in [-0.05, 0) is 47.0 Å². The highest BCUT2D eigenvalue weighted by Gasteiger charge is 2.28. The van der Waals surface area contributed by atoms with Crippen molar-refractivity contribution >= 4 is 39.2 Å². The molecule has 5 rings (SSSR count). The molecule has 0 saturated heterocycles. The third-order valence-electron chi connectivity index (χ3n) is 5.87. The van der Waals surface area contributed by atoms with Crippen LogP contribution in [0.15, 0.2) is 78.1 Å². The molecule has 3 aromatic carbocycles. The fourth-order valence-electron chi connectivity index (χ4n) is 4.31. The predicted octanol–water partition coefficient (Wildman–Crippen LogP) is 4.62. The normalized spacial score (nSPS) is 16.5. The number of hydrogen-bond acceptors (Lipinski definition) is 3. The third kappa shape index (κ3) is 3.80. The van der Waals surface area contributed by atoms with Crippen LogP contribution in [-0.2, 0) is 9.59 Å². The molecule has 0 spiro atoms. The molecule has 0 aliphatic carbocycles. The van der Waals surface area contributed by atoms with Crippen molar-refractivity contribution in [3.05, 3.63) is 83.7 Å². The van der Waals surface area contributed by atoms with Gasteiger partial charge in [-0.1, -0.05) is 42.5 Å². The number of nitrogens with one attached hydrogen (secondary N) is 3. The van der Waals surface area contributed by atoms with Crippen molar-refractivity contribution in [3.63, 3.8) is 0 Å². The van der Waals surface area contributed by atoms with Gasteiger partial charge in [-0.15, -0.1) is 0 Å². The first-order chi connectivity index (χ1) is 15.1. The van der Waals surface area contributed by atoms with E-state index < -0.39 is 0 Å². The highest BCUT2D eigenvalue weighted by atomic mass is 16.2. The number of aromatic nitrogens is 2. The molecule has 1 atom stereocenters. The lowest BCUT2D eigenvalue weighted by molar-refractivity contribution is -0.121. The summed E-state index contributed by atoms with van der Waals surface area (Å²) in [6, 6.07) is 20.0. The van der Waals surface area contributed by atoms with E-state index in [-0.39, 0.29) is 24.2 Å². The number of anilines is 1. The Morgan fingerprint density at radius 2 is 1.90 bits per heavy atom. The monoisotopic (exact) mass is 410 g/mol. The standard InChI is InChI=1S/C25H22N4O2/c1-15-21(12-25(31)28-20-8-9-23-19(11-20)14-26-29-23)22(13-24(30)27-15)18-7-6-16-4-2-3-5-17(16)10-18/h2-11,14,22H,12-13H2,1H3,(H,26,29)(H,27,30)(H,28,31). The molecule has 1 aliphatic rings. The topological polar surface area (TPSA) is 86.9 Å². The summed E-state index contributed by atoms with van der Waals surface area (Å²) in [4.78, 5) is 25.2. The maximum atomic E-state index is 12.9. The van der Waals surface area contributed by atoms with Crippen molar-refractivity contribution in [3.8, 4) is 0 Å². The van der Waals surface area contributed by atoms with Crippen molar-refractivity contribution in [2.45, 2.75) is 25.7 Å². The summed E-state index contributed by atoms with van der Waals surface area (Å²) < 4.78 is 0. The van der Waals surface area contributed by atoms with Crippen LogP contribution in [0.25, 0.3) is 21.7 Å². The number of allylic oxidation sites excluding steroid dienone is 1. The van der Waals surface area contributed by atoms with Crippen LogP contribution in [0.2, 0.25) is 0 Å². The summed E-state index contributed by atoms with van der Waals surface area (Å²) in [7, 11) is 0. The average molecular weight is 410 g/mol. The number of fused-ring (bicyclic) bond motifs is 2. The van der Waals surface area contributed by atoms with Gasteiger partial charge in [0.05, 0.1) is 18.1 Å². The Morgan fingerprint density at radius 1 is 1.06 bits per heavy atom. The van der Waals surface area contributed by atoms with E-state index in [1.807, 2.05) is 37.3 Å². The summed E-state index contributed by atoms with van der Waals surface area (Å²) in [6.45, 7) is 1.87. The highest BCUT2D eigenvalue weighted by molar-refractivity contribution is 5.95.